The standard InChI is InChI=1S/C17H17F2N3O2/c1-10-3-6-15(11(2)7-10)20-9-16(23)21-22-17(24)13-8-12(18)4-5-14(13)19/h3-8,20H,9H2,1-2H3,(H,21,23)(H,22,24). The fraction of sp³-hybridized carbons (Fsp3) is 0.176. The van der Waals surface area contributed by atoms with Gasteiger partial charge in [-0.2, -0.15) is 0 Å². The smallest absolute Gasteiger partial charge is 0.272 e. The van der Waals surface area contributed by atoms with Crippen molar-refractivity contribution in [1.82, 2.24) is 10.9 Å². The molecular formula is C17H17F2N3O2. The predicted octanol–water partition coefficient (Wildman–Crippen LogP) is 2.45. The zero-order valence-electron chi connectivity index (χ0n) is 13.2. The van der Waals surface area contributed by atoms with Crippen LogP contribution in [0.1, 0.15) is 21.5 Å². The molecule has 0 heterocycles. The second-order valence-electron chi connectivity index (χ2n) is 5.30. The Hall–Kier alpha value is -2.96. The lowest BCUT2D eigenvalue weighted by atomic mass is 10.1. The van der Waals surface area contributed by atoms with Crippen molar-refractivity contribution in [1.29, 1.82) is 0 Å². The van der Waals surface area contributed by atoms with E-state index in [2.05, 4.69) is 10.7 Å². The molecule has 0 aliphatic carbocycles. The molecule has 0 aliphatic rings. The normalized spacial score (nSPS) is 10.2. The average molecular weight is 333 g/mol. The van der Waals surface area contributed by atoms with Crippen LogP contribution in [-0.2, 0) is 4.79 Å². The number of carbonyl (C=O) groups excluding carboxylic acids is 2. The Morgan fingerprint density at radius 3 is 2.46 bits per heavy atom. The summed E-state index contributed by atoms with van der Waals surface area (Å²) in [6.45, 7) is 3.78. The number of hydrazine groups is 1. The number of aryl methyl sites for hydroxylation is 2. The summed E-state index contributed by atoms with van der Waals surface area (Å²) in [4.78, 5) is 23.5. The molecule has 2 aromatic rings. The molecule has 7 heteroatoms. The average Bonchev–Trinajstić information content (AvgIpc) is 2.54. The van der Waals surface area contributed by atoms with E-state index < -0.39 is 29.0 Å². The third kappa shape index (κ3) is 4.52. The summed E-state index contributed by atoms with van der Waals surface area (Å²) < 4.78 is 26.5. The van der Waals surface area contributed by atoms with E-state index in [1.165, 1.54) is 0 Å². The van der Waals surface area contributed by atoms with Crippen LogP contribution in [0.3, 0.4) is 0 Å². The van der Waals surface area contributed by atoms with Crippen molar-refractivity contribution < 1.29 is 18.4 Å². The minimum Gasteiger partial charge on any atom is -0.376 e. The Bertz CT molecular complexity index is 778. The quantitative estimate of drug-likeness (QED) is 0.753. The zero-order valence-corrected chi connectivity index (χ0v) is 13.2. The first-order valence-corrected chi connectivity index (χ1v) is 7.22. The molecule has 0 aromatic heterocycles. The first-order chi connectivity index (χ1) is 11.4. The Balaban J connectivity index is 1.86. The number of amides is 2. The largest absolute Gasteiger partial charge is 0.376 e. The fourth-order valence-corrected chi connectivity index (χ4v) is 2.10. The monoisotopic (exact) mass is 333 g/mol. The minimum atomic E-state index is -0.938. The number of anilines is 1. The van der Waals surface area contributed by atoms with Crippen LogP contribution >= 0.6 is 0 Å². The number of carbonyl (C=O) groups is 2. The van der Waals surface area contributed by atoms with E-state index in [1.807, 2.05) is 37.5 Å². The third-order valence-electron chi connectivity index (χ3n) is 3.31. The molecule has 0 unspecified atom stereocenters. The van der Waals surface area contributed by atoms with E-state index in [1.54, 1.807) is 0 Å². The van der Waals surface area contributed by atoms with Gasteiger partial charge in [-0.25, -0.2) is 8.78 Å². The molecule has 24 heavy (non-hydrogen) atoms. The maximum atomic E-state index is 13.4. The number of hydrogen-bond donors (Lipinski definition) is 3. The van der Waals surface area contributed by atoms with Crippen LogP contribution in [0.25, 0.3) is 0 Å². The van der Waals surface area contributed by atoms with Crippen LogP contribution in [0.5, 0.6) is 0 Å². The van der Waals surface area contributed by atoms with Gasteiger partial charge in [0.1, 0.15) is 11.6 Å². The third-order valence-corrected chi connectivity index (χ3v) is 3.31. The van der Waals surface area contributed by atoms with Gasteiger partial charge in [0.2, 0.25) is 0 Å². The van der Waals surface area contributed by atoms with Crippen LogP contribution in [0, 0.1) is 25.5 Å². The van der Waals surface area contributed by atoms with Crippen molar-refractivity contribution in [3.8, 4) is 0 Å². The summed E-state index contributed by atoms with van der Waals surface area (Å²) in [6.07, 6.45) is 0. The SMILES string of the molecule is Cc1ccc(NCC(=O)NNC(=O)c2cc(F)ccc2F)c(C)c1. The lowest BCUT2D eigenvalue weighted by molar-refractivity contribution is -0.120. The molecule has 3 N–H and O–H groups in total. The highest BCUT2D eigenvalue weighted by Gasteiger charge is 2.13. The van der Waals surface area contributed by atoms with Crippen LogP contribution in [0.2, 0.25) is 0 Å². The summed E-state index contributed by atoms with van der Waals surface area (Å²) in [5.74, 6) is -3.09. The number of benzene rings is 2. The van der Waals surface area contributed by atoms with Crippen molar-refractivity contribution in [3.05, 3.63) is 64.7 Å². The zero-order chi connectivity index (χ0) is 17.7. The van der Waals surface area contributed by atoms with E-state index in [-0.39, 0.29) is 6.54 Å². The van der Waals surface area contributed by atoms with Gasteiger partial charge < -0.3 is 5.32 Å². The van der Waals surface area contributed by atoms with E-state index >= 15 is 0 Å². The Morgan fingerprint density at radius 1 is 1.00 bits per heavy atom. The topological polar surface area (TPSA) is 70.2 Å². The Labute approximate surface area is 138 Å². The summed E-state index contributed by atoms with van der Waals surface area (Å²) >= 11 is 0. The van der Waals surface area contributed by atoms with Crippen molar-refractivity contribution >= 4 is 17.5 Å². The summed E-state index contributed by atoms with van der Waals surface area (Å²) in [6, 6.07) is 8.21. The van der Waals surface area contributed by atoms with Crippen LogP contribution in [-0.4, -0.2) is 18.4 Å². The van der Waals surface area contributed by atoms with Crippen molar-refractivity contribution in [2.75, 3.05) is 11.9 Å². The number of rotatable bonds is 4. The highest BCUT2D eigenvalue weighted by Crippen LogP contribution is 2.15. The highest BCUT2D eigenvalue weighted by molar-refractivity contribution is 5.96. The van der Waals surface area contributed by atoms with Gasteiger partial charge in [-0.3, -0.25) is 20.4 Å². The molecule has 0 fully saturated rings. The molecule has 0 saturated heterocycles. The molecule has 0 aliphatic heterocycles. The maximum Gasteiger partial charge on any atom is 0.272 e. The number of hydrogen-bond acceptors (Lipinski definition) is 3. The molecule has 126 valence electrons. The molecule has 2 aromatic carbocycles. The predicted molar refractivity (Wildman–Crippen MR) is 86.4 cm³/mol. The molecule has 0 radical (unpaired) electrons. The van der Waals surface area contributed by atoms with Gasteiger partial charge in [0.15, 0.2) is 0 Å². The van der Waals surface area contributed by atoms with E-state index in [4.69, 9.17) is 0 Å². The molecule has 5 nitrogen and oxygen atoms in total. The second-order valence-corrected chi connectivity index (χ2v) is 5.30. The molecule has 0 spiro atoms. The fourth-order valence-electron chi connectivity index (χ4n) is 2.10. The van der Waals surface area contributed by atoms with Gasteiger partial charge in [0.05, 0.1) is 12.1 Å². The Kier molecular flexibility index (Phi) is 5.47. The molecule has 0 bridgehead atoms. The first-order valence-electron chi connectivity index (χ1n) is 7.22. The van der Waals surface area contributed by atoms with Gasteiger partial charge in [-0.15, -0.1) is 0 Å². The highest BCUT2D eigenvalue weighted by atomic mass is 19.1. The summed E-state index contributed by atoms with van der Waals surface area (Å²) in [7, 11) is 0. The van der Waals surface area contributed by atoms with Crippen molar-refractivity contribution in [2.24, 2.45) is 0 Å². The van der Waals surface area contributed by atoms with Gasteiger partial charge in [0, 0.05) is 5.69 Å². The van der Waals surface area contributed by atoms with Crippen molar-refractivity contribution in [3.63, 3.8) is 0 Å². The number of halogens is 2. The van der Waals surface area contributed by atoms with E-state index in [9.17, 15) is 18.4 Å². The summed E-state index contributed by atoms with van der Waals surface area (Å²) in [5.41, 5.74) is 6.57. The van der Waals surface area contributed by atoms with Gasteiger partial charge in [-0.1, -0.05) is 17.7 Å². The second kappa shape index (κ2) is 7.54. The Morgan fingerprint density at radius 2 is 1.75 bits per heavy atom. The molecule has 2 rings (SSSR count). The van der Waals surface area contributed by atoms with Crippen LogP contribution in [0.15, 0.2) is 36.4 Å². The maximum absolute atomic E-state index is 13.4. The molecule has 0 saturated carbocycles. The van der Waals surface area contributed by atoms with E-state index in [0.717, 1.165) is 35.0 Å². The van der Waals surface area contributed by atoms with Crippen LogP contribution < -0.4 is 16.2 Å². The van der Waals surface area contributed by atoms with E-state index in [0.29, 0.717) is 0 Å². The first kappa shape index (κ1) is 17.4. The number of nitrogens with one attached hydrogen (secondary N) is 3. The van der Waals surface area contributed by atoms with Gasteiger partial charge in [0.25, 0.3) is 11.8 Å². The molecule has 2 amide bonds. The van der Waals surface area contributed by atoms with Crippen molar-refractivity contribution in [2.45, 2.75) is 13.8 Å². The van der Waals surface area contributed by atoms with Crippen LogP contribution in [0.4, 0.5) is 14.5 Å². The lowest BCUT2D eigenvalue weighted by Gasteiger charge is -2.11. The summed E-state index contributed by atoms with van der Waals surface area (Å²) in [5, 5.41) is 2.93. The minimum absolute atomic E-state index is 0.0875. The molecular weight excluding hydrogens is 316 g/mol. The lowest BCUT2D eigenvalue weighted by Crippen LogP contribution is -2.44. The van der Waals surface area contributed by atoms with Gasteiger partial charge >= 0.3 is 0 Å². The van der Waals surface area contributed by atoms with Gasteiger partial charge in [-0.05, 0) is 43.7 Å². The molecule has 0 atom stereocenters.